The highest BCUT2D eigenvalue weighted by atomic mass is 32.1. The van der Waals surface area contributed by atoms with Gasteiger partial charge in [0.25, 0.3) is 0 Å². The number of benzene rings is 1. The molecule has 1 aromatic heterocycles. The summed E-state index contributed by atoms with van der Waals surface area (Å²) < 4.78 is 6.21. The molecule has 4 rings (SSSR count). The summed E-state index contributed by atoms with van der Waals surface area (Å²) in [6.45, 7) is 6.87. The van der Waals surface area contributed by atoms with Gasteiger partial charge in [0.15, 0.2) is 0 Å². The third-order valence-electron chi connectivity index (χ3n) is 6.46. The minimum absolute atomic E-state index is 0.00488. The summed E-state index contributed by atoms with van der Waals surface area (Å²) in [5.41, 5.74) is 1.30. The van der Waals surface area contributed by atoms with E-state index in [1.165, 1.54) is 31.2 Å². The van der Waals surface area contributed by atoms with Crippen molar-refractivity contribution < 1.29 is 9.53 Å². The molecule has 2 fully saturated rings. The number of ether oxygens (including phenoxy) is 1. The lowest BCUT2D eigenvalue weighted by Crippen LogP contribution is -2.43. The smallest absolute Gasteiger partial charge is 0.223 e. The zero-order chi connectivity index (χ0) is 21.6. The van der Waals surface area contributed by atoms with Gasteiger partial charge in [0, 0.05) is 30.6 Å². The molecule has 168 valence electrons. The maximum absolute atomic E-state index is 12.5. The Balaban J connectivity index is 1.40. The van der Waals surface area contributed by atoms with E-state index in [0.29, 0.717) is 12.0 Å². The highest BCUT2D eigenvalue weighted by Crippen LogP contribution is 2.32. The van der Waals surface area contributed by atoms with Crippen molar-refractivity contribution in [3.8, 4) is 5.75 Å². The molecule has 1 saturated heterocycles. The van der Waals surface area contributed by atoms with Crippen molar-refractivity contribution in [2.24, 2.45) is 11.8 Å². The first-order valence-corrected chi connectivity index (χ1v) is 12.6. The molecule has 1 N–H and O–H groups in total. The van der Waals surface area contributed by atoms with Crippen molar-refractivity contribution >= 4 is 17.2 Å². The molecular weight excluding hydrogens is 406 g/mol. The van der Waals surface area contributed by atoms with Crippen molar-refractivity contribution in [1.82, 2.24) is 15.2 Å². The molecular formula is C25H35N3O2S. The Morgan fingerprint density at radius 3 is 2.84 bits per heavy atom. The molecule has 31 heavy (non-hydrogen) atoms. The number of hydrogen-bond acceptors (Lipinski definition) is 5. The number of rotatable bonds is 8. The van der Waals surface area contributed by atoms with Gasteiger partial charge >= 0.3 is 0 Å². The van der Waals surface area contributed by atoms with Crippen molar-refractivity contribution in [3.63, 3.8) is 0 Å². The first kappa shape index (κ1) is 22.3. The van der Waals surface area contributed by atoms with Crippen LogP contribution >= 0.6 is 11.3 Å². The number of aromatic nitrogens is 1. The Bertz CT molecular complexity index is 833. The Hall–Kier alpha value is -1.92. The van der Waals surface area contributed by atoms with Gasteiger partial charge in [0.05, 0.1) is 12.1 Å². The maximum Gasteiger partial charge on any atom is 0.223 e. The second-order valence-electron chi connectivity index (χ2n) is 9.32. The van der Waals surface area contributed by atoms with E-state index >= 15 is 0 Å². The average molecular weight is 442 g/mol. The molecule has 1 aromatic carbocycles. The number of thiazole rings is 1. The number of likely N-dealkylation sites (tertiary alicyclic amines) is 1. The van der Waals surface area contributed by atoms with E-state index < -0.39 is 0 Å². The molecule has 2 atom stereocenters. The fourth-order valence-electron chi connectivity index (χ4n) is 4.77. The Kier molecular flexibility index (Phi) is 7.62. The van der Waals surface area contributed by atoms with E-state index in [-0.39, 0.29) is 17.9 Å². The highest BCUT2D eigenvalue weighted by Gasteiger charge is 2.31. The molecule has 1 aliphatic heterocycles. The van der Waals surface area contributed by atoms with Gasteiger partial charge in [-0.3, -0.25) is 9.69 Å². The number of hydrogen-bond donors (Lipinski definition) is 1. The minimum Gasteiger partial charge on any atom is -0.490 e. The quantitative estimate of drug-likeness (QED) is 0.612. The van der Waals surface area contributed by atoms with Crippen LogP contribution in [0.1, 0.15) is 69.0 Å². The number of nitrogens with zero attached hydrogens (tertiary/aromatic N) is 2. The van der Waals surface area contributed by atoms with Gasteiger partial charge in [-0.2, -0.15) is 0 Å². The van der Waals surface area contributed by atoms with Gasteiger partial charge in [-0.05, 0) is 68.7 Å². The van der Waals surface area contributed by atoms with Crippen LogP contribution in [0.5, 0.6) is 5.75 Å². The topological polar surface area (TPSA) is 54.5 Å². The van der Waals surface area contributed by atoms with E-state index in [4.69, 9.17) is 4.74 Å². The van der Waals surface area contributed by atoms with Gasteiger partial charge in [0.1, 0.15) is 10.8 Å². The zero-order valence-corrected chi connectivity index (χ0v) is 19.6. The molecule has 1 saturated carbocycles. The van der Waals surface area contributed by atoms with E-state index in [1.807, 2.05) is 25.4 Å². The molecule has 1 aliphatic carbocycles. The Morgan fingerprint density at radius 1 is 1.26 bits per heavy atom. The van der Waals surface area contributed by atoms with E-state index in [1.54, 1.807) is 11.3 Å². The van der Waals surface area contributed by atoms with Crippen LogP contribution < -0.4 is 10.1 Å². The van der Waals surface area contributed by atoms with Gasteiger partial charge < -0.3 is 10.1 Å². The van der Waals surface area contributed by atoms with Gasteiger partial charge in [0.2, 0.25) is 5.91 Å². The highest BCUT2D eigenvalue weighted by molar-refractivity contribution is 7.09. The van der Waals surface area contributed by atoms with Crippen LogP contribution in [0.25, 0.3) is 0 Å². The molecule has 2 aliphatic rings. The van der Waals surface area contributed by atoms with Crippen LogP contribution in [0, 0.1) is 11.8 Å². The first-order chi connectivity index (χ1) is 15.1. The van der Waals surface area contributed by atoms with Gasteiger partial charge in [-0.25, -0.2) is 4.98 Å². The monoisotopic (exact) mass is 441 g/mol. The standard InChI is InChI=1S/C25H35N3O2S/c1-18(2)24(29)27-23(25-26-12-14-31-25)20-8-6-13-28(17-20)16-19-7-5-11-22(15-19)30-21-9-3-4-10-21/h5,7,11-12,14-15,18,20-21,23H,3-4,6,8-10,13,16-17H2,1-2H3,(H,27,29)/t20-,23-/m1/s1. The zero-order valence-electron chi connectivity index (χ0n) is 18.8. The lowest BCUT2D eigenvalue weighted by molar-refractivity contribution is -0.125. The molecule has 1 amide bonds. The third kappa shape index (κ3) is 6.07. The molecule has 5 nitrogen and oxygen atoms in total. The van der Waals surface area contributed by atoms with E-state index in [0.717, 1.165) is 43.2 Å². The summed E-state index contributed by atoms with van der Waals surface area (Å²) in [4.78, 5) is 19.5. The Labute approximate surface area is 190 Å². The molecule has 2 heterocycles. The van der Waals surface area contributed by atoms with E-state index in [9.17, 15) is 4.79 Å². The van der Waals surface area contributed by atoms with Gasteiger partial charge in [-0.1, -0.05) is 26.0 Å². The Morgan fingerprint density at radius 2 is 2.10 bits per heavy atom. The fraction of sp³-hybridized carbons (Fsp3) is 0.600. The third-order valence-corrected chi connectivity index (χ3v) is 7.32. The van der Waals surface area contributed by atoms with Crippen LogP contribution in [0.2, 0.25) is 0 Å². The van der Waals surface area contributed by atoms with Crippen LogP contribution in [0.15, 0.2) is 35.8 Å². The first-order valence-electron chi connectivity index (χ1n) is 11.8. The van der Waals surface area contributed by atoms with Crippen LogP contribution in [-0.2, 0) is 11.3 Å². The fourth-order valence-corrected chi connectivity index (χ4v) is 5.55. The summed E-state index contributed by atoms with van der Waals surface area (Å²) in [5, 5.41) is 6.31. The second kappa shape index (κ2) is 10.6. The molecule has 0 unspecified atom stereocenters. The van der Waals surface area contributed by atoms with Crippen LogP contribution in [-0.4, -0.2) is 35.0 Å². The summed E-state index contributed by atoms with van der Waals surface area (Å²) in [7, 11) is 0. The van der Waals surface area contributed by atoms with Crippen molar-refractivity contribution in [2.75, 3.05) is 13.1 Å². The van der Waals surface area contributed by atoms with Crippen LogP contribution in [0.3, 0.4) is 0 Å². The number of piperidine rings is 1. The van der Waals surface area contributed by atoms with Crippen LogP contribution in [0.4, 0.5) is 0 Å². The summed E-state index contributed by atoms with van der Waals surface area (Å²) in [5.74, 6) is 1.46. The molecule has 0 radical (unpaired) electrons. The lowest BCUT2D eigenvalue weighted by atomic mass is 9.90. The molecule has 6 heteroatoms. The summed E-state index contributed by atoms with van der Waals surface area (Å²) in [6, 6.07) is 8.60. The predicted octanol–water partition coefficient (Wildman–Crippen LogP) is 5.19. The van der Waals surface area contributed by atoms with Gasteiger partial charge in [-0.15, -0.1) is 11.3 Å². The molecule has 0 spiro atoms. The second-order valence-corrected chi connectivity index (χ2v) is 10.2. The number of carbonyl (C=O) groups is 1. The predicted molar refractivity (Wildman–Crippen MR) is 125 cm³/mol. The average Bonchev–Trinajstić information content (AvgIpc) is 3.46. The minimum atomic E-state index is -0.0234. The van der Waals surface area contributed by atoms with Crippen molar-refractivity contribution in [3.05, 3.63) is 46.4 Å². The molecule has 2 aromatic rings. The molecule has 0 bridgehead atoms. The number of amides is 1. The van der Waals surface area contributed by atoms with Crippen molar-refractivity contribution in [1.29, 1.82) is 0 Å². The number of carbonyl (C=O) groups excluding carboxylic acids is 1. The SMILES string of the molecule is CC(C)C(=O)N[C@@H](c1nccs1)[C@@H]1CCCN(Cc2cccc(OC3CCCC3)c2)C1. The van der Waals surface area contributed by atoms with E-state index in [2.05, 4.69) is 39.5 Å². The lowest BCUT2D eigenvalue weighted by Gasteiger charge is -2.37. The largest absolute Gasteiger partial charge is 0.490 e. The number of nitrogens with one attached hydrogen (secondary N) is 1. The van der Waals surface area contributed by atoms with Crippen molar-refractivity contribution in [2.45, 2.75) is 71.1 Å². The maximum atomic E-state index is 12.5. The summed E-state index contributed by atoms with van der Waals surface area (Å²) >= 11 is 1.64. The normalized spacial score (nSPS) is 21.3. The summed E-state index contributed by atoms with van der Waals surface area (Å²) in [6.07, 6.45) is 9.41.